The summed E-state index contributed by atoms with van der Waals surface area (Å²) in [6.07, 6.45) is 3.31. The average molecular weight is 163 g/mol. The maximum Gasteiger partial charge on any atom is 0.149 e. The van der Waals surface area contributed by atoms with E-state index in [0.717, 1.165) is 0 Å². The first-order valence-electron chi connectivity index (χ1n) is 3.03. The van der Waals surface area contributed by atoms with Gasteiger partial charge in [0.25, 0.3) is 0 Å². The van der Waals surface area contributed by atoms with E-state index in [4.69, 9.17) is 19.4 Å². The number of fused-ring (bicyclic) bond motifs is 1. The molecule has 0 aliphatic heterocycles. The highest BCUT2D eigenvalue weighted by Gasteiger charge is 1.99. The van der Waals surface area contributed by atoms with Crippen LogP contribution in [0.5, 0.6) is 0 Å². The molecule has 5 heteroatoms. The van der Waals surface area contributed by atoms with Crippen LogP contribution in [0.2, 0.25) is 5.15 Å². The lowest BCUT2D eigenvalue weighted by atomic mass is 9.99. The Bertz CT molecular complexity index is 398. The highest BCUT2D eigenvalue weighted by molar-refractivity contribution is 6.38. The zero-order valence-electron chi connectivity index (χ0n) is 5.53. The number of imidazole rings is 1. The fourth-order valence-corrected chi connectivity index (χ4v) is 1.11. The van der Waals surface area contributed by atoms with Crippen molar-refractivity contribution in [3.63, 3.8) is 0 Å². The van der Waals surface area contributed by atoms with E-state index < -0.39 is 0 Å². The Morgan fingerprint density at radius 3 is 3.18 bits per heavy atom. The Balaban J connectivity index is 2.91. The van der Waals surface area contributed by atoms with E-state index in [1.807, 2.05) is 0 Å². The molecule has 0 saturated heterocycles. The Kier molecular flexibility index (Phi) is 1.36. The molecule has 0 atom stereocenters. The van der Waals surface area contributed by atoms with Crippen molar-refractivity contribution in [3.8, 4) is 0 Å². The lowest BCUT2D eigenvalue weighted by Crippen LogP contribution is -2.09. The molecule has 11 heavy (non-hydrogen) atoms. The predicted octanol–water partition coefficient (Wildman–Crippen LogP) is 0.176. The van der Waals surface area contributed by atoms with Crippen molar-refractivity contribution in [1.82, 2.24) is 14.6 Å². The molecule has 2 rings (SSSR count). The molecule has 0 aliphatic carbocycles. The van der Waals surface area contributed by atoms with Gasteiger partial charge in [-0.1, -0.05) is 11.6 Å². The van der Waals surface area contributed by atoms with Crippen LogP contribution in [0.4, 0.5) is 0 Å². The van der Waals surface area contributed by atoms with Crippen LogP contribution >= 0.6 is 11.6 Å². The molecule has 0 aliphatic rings. The quantitative estimate of drug-likeness (QED) is 0.519. The third-order valence-electron chi connectivity index (χ3n) is 1.36. The van der Waals surface area contributed by atoms with Crippen LogP contribution < -0.4 is 5.46 Å². The largest absolute Gasteiger partial charge is 0.236 e. The van der Waals surface area contributed by atoms with Gasteiger partial charge in [0, 0.05) is 12.4 Å². The standard InChI is InChI=1S/C6H3BClN3/c7-4-3-5(8)10-11-2-1-9-6(4)11/h1-3H. The molecule has 0 amide bonds. The third kappa shape index (κ3) is 0.992. The fraction of sp³-hybridized carbons (Fsp3) is 0. The zero-order chi connectivity index (χ0) is 7.84. The molecule has 0 aromatic carbocycles. The summed E-state index contributed by atoms with van der Waals surface area (Å²) < 4.78 is 1.54. The lowest BCUT2D eigenvalue weighted by molar-refractivity contribution is 0.941. The monoisotopic (exact) mass is 163 g/mol. The van der Waals surface area contributed by atoms with Crippen molar-refractivity contribution >= 4 is 30.6 Å². The Hall–Kier alpha value is -1.03. The molecule has 52 valence electrons. The summed E-state index contributed by atoms with van der Waals surface area (Å²) in [4.78, 5) is 3.98. The second kappa shape index (κ2) is 2.24. The molecule has 2 radical (unpaired) electrons. The smallest absolute Gasteiger partial charge is 0.149 e. The summed E-state index contributed by atoms with van der Waals surface area (Å²) >= 11 is 5.64. The van der Waals surface area contributed by atoms with Crippen molar-refractivity contribution < 1.29 is 0 Å². The van der Waals surface area contributed by atoms with Gasteiger partial charge in [-0.05, 0) is 11.5 Å². The predicted molar refractivity (Wildman–Crippen MR) is 43.4 cm³/mol. The van der Waals surface area contributed by atoms with Crippen molar-refractivity contribution in [2.75, 3.05) is 0 Å². The summed E-state index contributed by atoms with van der Waals surface area (Å²) in [6, 6.07) is 1.57. The molecule has 2 aromatic heterocycles. The van der Waals surface area contributed by atoms with Crippen molar-refractivity contribution in [2.45, 2.75) is 0 Å². The summed E-state index contributed by atoms with van der Waals surface area (Å²) in [7, 11) is 5.59. The van der Waals surface area contributed by atoms with Gasteiger partial charge in [-0.2, -0.15) is 5.10 Å². The van der Waals surface area contributed by atoms with Gasteiger partial charge in [0.15, 0.2) is 0 Å². The second-order valence-corrected chi connectivity index (χ2v) is 2.51. The fourth-order valence-electron chi connectivity index (χ4n) is 0.909. The molecule has 0 saturated carbocycles. The van der Waals surface area contributed by atoms with E-state index >= 15 is 0 Å². The minimum absolute atomic E-state index is 0.369. The van der Waals surface area contributed by atoms with E-state index in [0.29, 0.717) is 16.3 Å². The molecule has 0 spiro atoms. The molecule has 2 aromatic rings. The maximum atomic E-state index is 5.64. The first kappa shape index (κ1) is 6.67. The first-order valence-corrected chi connectivity index (χ1v) is 3.40. The van der Waals surface area contributed by atoms with Crippen LogP contribution in [0.15, 0.2) is 18.5 Å². The Morgan fingerprint density at radius 1 is 1.55 bits per heavy atom. The zero-order valence-corrected chi connectivity index (χ0v) is 6.28. The first-order chi connectivity index (χ1) is 5.27. The van der Waals surface area contributed by atoms with E-state index in [-0.39, 0.29) is 0 Å². The summed E-state index contributed by atoms with van der Waals surface area (Å²) in [5, 5.41) is 4.30. The van der Waals surface area contributed by atoms with E-state index in [9.17, 15) is 0 Å². The number of halogens is 1. The van der Waals surface area contributed by atoms with Gasteiger partial charge in [0.05, 0.1) is 0 Å². The Morgan fingerprint density at radius 2 is 2.36 bits per heavy atom. The van der Waals surface area contributed by atoms with Gasteiger partial charge in [-0.15, -0.1) is 0 Å². The molecule has 3 nitrogen and oxygen atoms in total. The SMILES string of the molecule is [B]c1cc(Cl)nn2ccnc12. The summed E-state index contributed by atoms with van der Waals surface area (Å²) in [5.41, 5.74) is 1.17. The van der Waals surface area contributed by atoms with Crippen molar-refractivity contribution in [2.24, 2.45) is 0 Å². The van der Waals surface area contributed by atoms with Gasteiger partial charge in [0.2, 0.25) is 0 Å². The van der Waals surface area contributed by atoms with Crippen LogP contribution in [-0.2, 0) is 0 Å². The molecule has 2 heterocycles. The molecule has 0 bridgehead atoms. The number of hydrogen-bond acceptors (Lipinski definition) is 2. The highest BCUT2D eigenvalue weighted by atomic mass is 35.5. The Labute approximate surface area is 69.4 Å². The van der Waals surface area contributed by atoms with Gasteiger partial charge in [-0.3, -0.25) is 0 Å². The molecular weight excluding hydrogens is 160 g/mol. The van der Waals surface area contributed by atoms with Gasteiger partial charge >= 0.3 is 0 Å². The van der Waals surface area contributed by atoms with Gasteiger partial charge in [0.1, 0.15) is 18.6 Å². The van der Waals surface area contributed by atoms with Crippen LogP contribution in [0.25, 0.3) is 5.65 Å². The summed E-state index contributed by atoms with van der Waals surface area (Å²) in [5.74, 6) is 0. The highest BCUT2D eigenvalue weighted by Crippen LogP contribution is 2.01. The lowest BCUT2D eigenvalue weighted by Gasteiger charge is -1.96. The molecule has 0 N–H and O–H groups in total. The summed E-state index contributed by atoms with van der Waals surface area (Å²) in [6.45, 7) is 0. The van der Waals surface area contributed by atoms with Gasteiger partial charge in [-0.25, -0.2) is 9.50 Å². The number of aromatic nitrogens is 3. The van der Waals surface area contributed by atoms with Crippen LogP contribution in [0.1, 0.15) is 0 Å². The normalized spacial score (nSPS) is 10.6. The third-order valence-corrected chi connectivity index (χ3v) is 1.54. The topological polar surface area (TPSA) is 30.2 Å². The average Bonchev–Trinajstić information content (AvgIpc) is 2.34. The molecular formula is C6H3BClN3. The molecule has 0 unspecified atom stereocenters. The van der Waals surface area contributed by atoms with Crippen molar-refractivity contribution in [3.05, 3.63) is 23.6 Å². The minimum Gasteiger partial charge on any atom is -0.236 e. The minimum atomic E-state index is 0.369. The van der Waals surface area contributed by atoms with Crippen molar-refractivity contribution in [1.29, 1.82) is 0 Å². The molecule has 0 fully saturated rings. The van der Waals surface area contributed by atoms with E-state index in [1.54, 1.807) is 18.5 Å². The number of hydrogen-bond donors (Lipinski definition) is 0. The maximum absolute atomic E-state index is 5.64. The van der Waals surface area contributed by atoms with E-state index in [1.165, 1.54) is 4.52 Å². The number of nitrogens with zero attached hydrogens (tertiary/aromatic N) is 3. The van der Waals surface area contributed by atoms with E-state index in [2.05, 4.69) is 10.1 Å². The number of rotatable bonds is 0. The van der Waals surface area contributed by atoms with Crippen LogP contribution in [0.3, 0.4) is 0 Å². The van der Waals surface area contributed by atoms with Crippen LogP contribution in [0, 0.1) is 0 Å². The van der Waals surface area contributed by atoms with Gasteiger partial charge < -0.3 is 0 Å². The van der Waals surface area contributed by atoms with Crippen LogP contribution in [-0.4, -0.2) is 22.4 Å². The second-order valence-electron chi connectivity index (χ2n) is 2.12.